The molecule has 0 atom stereocenters. The van der Waals surface area contributed by atoms with Crippen LogP contribution >= 0.6 is 0 Å². The molecule has 0 aromatic heterocycles. The number of aromatic hydroxyl groups is 1. The van der Waals surface area contributed by atoms with E-state index in [0.717, 1.165) is 21.0 Å². The molecule has 0 aliphatic carbocycles. The van der Waals surface area contributed by atoms with E-state index in [-0.39, 0.29) is 18.0 Å². The maximum atomic E-state index is 11.8. The second kappa shape index (κ2) is 5.72. The van der Waals surface area contributed by atoms with E-state index in [1.807, 2.05) is 29.8 Å². The van der Waals surface area contributed by atoms with Crippen molar-refractivity contribution in [2.75, 3.05) is 16.6 Å². The Balaban J connectivity index is 1.91. The molecular weight excluding hydrogens is 330 g/mol. The summed E-state index contributed by atoms with van der Waals surface area (Å²) in [6.45, 7) is 1.62. The molecule has 24 heavy (non-hydrogen) atoms. The summed E-state index contributed by atoms with van der Waals surface area (Å²) in [6, 6.07) is 10.4. The maximum Gasteiger partial charge on any atom is 0.326 e. The third-order valence-corrected chi connectivity index (χ3v) is 5.21. The van der Waals surface area contributed by atoms with Gasteiger partial charge in [0, 0.05) is 5.69 Å². The highest BCUT2D eigenvalue weighted by Gasteiger charge is 2.35. The fraction of sp³-hybridized carbons (Fsp3) is 0.188. The third-order valence-electron chi connectivity index (χ3n) is 3.82. The molecule has 0 radical (unpaired) electrons. The Morgan fingerprint density at radius 1 is 1.25 bits per heavy atom. The van der Waals surface area contributed by atoms with Crippen LogP contribution in [0.4, 0.5) is 11.4 Å². The van der Waals surface area contributed by atoms with Gasteiger partial charge in [0.05, 0.1) is 5.69 Å². The fourth-order valence-electron chi connectivity index (χ4n) is 2.66. The zero-order valence-corrected chi connectivity index (χ0v) is 13.8. The van der Waals surface area contributed by atoms with Crippen LogP contribution < -0.4 is 14.8 Å². The number of nitrogens with two attached hydrogens (primary N) is 1. The number of benzene rings is 2. The topological polar surface area (TPSA) is 113 Å². The molecule has 3 rings (SSSR count). The smallest absolute Gasteiger partial charge is 0.326 e. The number of carbonyl (C=O) groups is 1. The Kier molecular flexibility index (Phi) is 3.84. The summed E-state index contributed by atoms with van der Waals surface area (Å²) >= 11 is 0. The predicted octanol–water partition coefficient (Wildman–Crippen LogP) is 1.05. The van der Waals surface area contributed by atoms with Crippen LogP contribution in [0, 0.1) is 6.92 Å². The summed E-state index contributed by atoms with van der Waals surface area (Å²) < 4.78 is 26.4. The number of anilines is 2. The molecule has 0 spiro atoms. The van der Waals surface area contributed by atoms with Gasteiger partial charge in [0.25, 0.3) is 5.91 Å². The van der Waals surface area contributed by atoms with Crippen molar-refractivity contribution < 1.29 is 18.3 Å². The highest BCUT2D eigenvalue weighted by atomic mass is 32.2. The summed E-state index contributed by atoms with van der Waals surface area (Å²) in [7, 11) is -3.94. The molecule has 2 aromatic rings. The number of amides is 1. The zero-order valence-electron chi connectivity index (χ0n) is 13.0. The summed E-state index contributed by atoms with van der Waals surface area (Å²) in [4.78, 5) is 11.3. The molecule has 126 valence electrons. The van der Waals surface area contributed by atoms with Gasteiger partial charge in [-0.2, -0.15) is 8.42 Å². The molecule has 2 aromatic carbocycles. The van der Waals surface area contributed by atoms with Crippen LogP contribution in [-0.4, -0.2) is 26.0 Å². The van der Waals surface area contributed by atoms with E-state index in [2.05, 4.69) is 0 Å². The SMILES string of the molecule is Cc1ccc(N)c(Cc2ccc(N3CC(=O)NS3(=O)=O)c(O)c2)c1. The molecule has 8 heteroatoms. The van der Waals surface area contributed by atoms with Crippen molar-refractivity contribution >= 4 is 27.5 Å². The standard InChI is InChI=1S/C16H17N3O4S/c1-10-2-4-13(17)12(6-10)7-11-3-5-14(15(20)8-11)19-9-16(21)18-24(19,22)23/h2-6,8,20H,7,9,17H2,1H3,(H,18,21). The van der Waals surface area contributed by atoms with Gasteiger partial charge in [-0.1, -0.05) is 23.8 Å². The lowest BCUT2D eigenvalue weighted by molar-refractivity contribution is -0.117. The fourth-order valence-corrected chi connectivity index (χ4v) is 3.82. The van der Waals surface area contributed by atoms with E-state index in [1.54, 1.807) is 6.07 Å². The van der Waals surface area contributed by atoms with E-state index in [4.69, 9.17) is 5.73 Å². The number of hydrogen-bond acceptors (Lipinski definition) is 5. The largest absolute Gasteiger partial charge is 0.506 e. The van der Waals surface area contributed by atoms with E-state index in [0.29, 0.717) is 12.1 Å². The van der Waals surface area contributed by atoms with Gasteiger partial charge in [0.2, 0.25) is 0 Å². The highest BCUT2D eigenvalue weighted by molar-refractivity contribution is 7.92. The monoisotopic (exact) mass is 347 g/mol. The van der Waals surface area contributed by atoms with Crippen LogP contribution in [0.1, 0.15) is 16.7 Å². The molecule has 0 saturated carbocycles. The summed E-state index contributed by atoms with van der Waals surface area (Å²) in [5.74, 6) is -0.843. The number of nitrogens with zero attached hydrogens (tertiary/aromatic N) is 1. The third kappa shape index (κ3) is 3.00. The van der Waals surface area contributed by atoms with E-state index in [1.165, 1.54) is 12.1 Å². The van der Waals surface area contributed by atoms with Crippen LogP contribution in [0.5, 0.6) is 5.75 Å². The molecule has 1 fully saturated rings. The first kappa shape index (κ1) is 16.1. The Morgan fingerprint density at radius 2 is 2.00 bits per heavy atom. The highest BCUT2D eigenvalue weighted by Crippen LogP contribution is 2.32. The first-order valence-electron chi connectivity index (χ1n) is 7.26. The molecule has 4 N–H and O–H groups in total. The van der Waals surface area contributed by atoms with Gasteiger partial charge >= 0.3 is 10.2 Å². The number of rotatable bonds is 3. The van der Waals surface area contributed by atoms with Crippen LogP contribution in [0.2, 0.25) is 0 Å². The van der Waals surface area contributed by atoms with Gasteiger partial charge in [0.1, 0.15) is 12.3 Å². The number of carbonyl (C=O) groups excluding carboxylic acids is 1. The van der Waals surface area contributed by atoms with Gasteiger partial charge < -0.3 is 10.8 Å². The Bertz CT molecular complexity index is 925. The first-order valence-corrected chi connectivity index (χ1v) is 8.70. The number of nitrogen functional groups attached to an aromatic ring is 1. The predicted molar refractivity (Wildman–Crippen MR) is 90.9 cm³/mol. The summed E-state index contributed by atoms with van der Waals surface area (Å²) in [6.07, 6.45) is 0.505. The van der Waals surface area contributed by atoms with Crippen molar-refractivity contribution in [3.8, 4) is 5.75 Å². The van der Waals surface area contributed by atoms with Crippen molar-refractivity contribution in [3.63, 3.8) is 0 Å². The normalized spacial score (nSPS) is 16.2. The first-order chi connectivity index (χ1) is 11.3. The molecule has 1 aliphatic rings. The van der Waals surface area contributed by atoms with Gasteiger partial charge in [-0.15, -0.1) is 0 Å². The van der Waals surface area contributed by atoms with E-state index >= 15 is 0 Å². The number of nitrogens with one attached hydrogen (secondary N) is 1. The lowest BCUT2D eigenvalue weighted by atomic mass is 10.0. The Labute approximate surface area is 139 Å². The minimum atomic E-state index is -3.94. The number of hydrogen-bond donors (Lipinski definition) is 3. The van der Waals surface area contributed by atoms with E-state index < -0.39 is 16.1 Å². The minimum absolute atomic E-state index is 0.0642. The molecule has 0 bridgehead atoms. The number of phenols is 1. The molecule has 0 unspecified atom stereocenters. The Morgan fingerprint density at radius 3 is 2.62 bits per heavy atom. The second-order valence-electron chi connectivity index (χ2n) is 5.74. The van der Waals surface area contributed by atoms with Gasteiger partial charge in [0.15, 0.2) is 0 Å². The van der Waals surface area contributed by atoms with Crippen LogP contribution in [-0.2, 0) is 21.4 Å². The average molecular weight is 347 g/mol. The molecule has 1 amide bonds. The number of aryl methyl sites for hydroxylation is 1. The molecule has 1 saturated heterocycles. The maximum absolute atomic E-state index is 11.8. The number of phenolic OH excluding ortho intramolecular Hbond substituents is 1. The van der Waals surface area contributed by atoms with Crippen molar-refractivity contribution in [2.45, 2.75) is 13.3 Å². The lowest BCUT2D eigenvalue weighted by Gasteiger charge is -2.17. The van der Waals surface area contributed by atoms with Crippen molar-refractivity contribution in [1.82, 2.24) is 4.72 Å². The van der Waals surface area contributed by atoms with E-state index in [9.17, 15) is 18.3 Å². The molecule has 1 heterocycles. The van der Waals surface area contributed by atoms with Gasteiger partial charge in [-0.05, 0) is 42.7 Å². The van der Waals surface area contributed by atoms with Crippen LogP contribution in [0.25, 0.3) is 0 Å². The second-order valence-corrected chi connectivity index (χ2v) is 7.33. The van der Waals surface area contributed by atoms with Crippen LogP contribution in [0.3, 0.4) is 0 Å². The minimum Gasteiger partial charge on any atom is -0.506 e. The molecule has 7 nitrogen and oxygen atoms in total. The van der Waals surface area contributed by atoms with Crippen molar-refractivity contribution in [2.24, 2.45) is 0 Å². The average Bonchev–Trinajstić information content (AvgIpc) is 2.76. The van der Waals surface area contributed by atoms with Crippen molar-refractivity contribution in [3.05, 3.63) is 53.1 Å². The zero-order chi connectivity index (χ0) is 17.5. The molecule has 1 aliphatic heterocycles. The summed E-state index contributed by atoms with van der Waals surface area (Å²) in [5, 5.41) is 10.2. The van der Waals surface area contributed by atoms with Crippen LogP contribution in [0.15, 0.2) is 36.4 Å². The van der Waals surface area contributed by atoms with Crippen molar-refractivity contribution in [1.29, 1.82) is 0 Å². The lowest BCUT2D eigenvalue weighted by Crippen LogP contribution is -2.29. The van der Waals surface area contributed by atoms with Gasteiger partial charge in [-0.3, -0.25) is 4.79 Å². The van der Waals surface area contributed by atoms with Gasteiger partial charge in [-0.25, -0.2) is 9.03 Å². The summed E-state index contributed by atoms with van der Waals surface area (Å²) in [5.41, 5.74) is 9.46. The quantitative estimate of drug-likeness (QED) is 0.719. The Hall–Kier alpha value is -2.74. The molecular formula is C16H17N3O4S.